The van der Waals surface area contributed by atoms with E-state index in [4.69, 9.17) is 0 Å². The van der Waals surface area contributed by atoms with E-state index in [-0.39, 0.29) is 5.91 Å². The first-order valence-corrected chi connectivity index (χ1v) is 7.57. The average Bonchev–Trinajstić information content (AvgIpc) is 2.36. The number of carbonyl (C=O) groups is 1. The second-order valence-corrected chi connectivity index (χ2v) is 6.31. The molecule has 0 unspecified atom stereocenters. The minimum Gasteiger partial charge on any atom is -0.348 e. The highest BCUT2D eigenvalue weighted by atomic mass is 127. The Balaban J connectivity index is 2.03. The number of carbonyl (C=O) groups excluding carboxylic acids is 1. The summed E-state index contributed by atoms with van der Waals surface area (Å²) in [5, 5.41) is 2.89. The van der Waals surface area contributed by atoms with E-state index in [2.05, 4.69) is 48.8 Å². The molecule has 1 N–H and O–H groups in total. The lowest BCUT2D eigenvalue weighted by Crippen LogP contribution is -2.23. The monoisotopic (exact) mass is 430 g/mol. The van der Waals surface area contributed by atoms with E-state index in [0.29, 0.717) is 12.1 Å². The molecule has 1 aromatic carbocycles. The predicted molar refractivity (Wildman–Crippen MR) is 87.0 cm³/mol. The molecule has 0 aliphatic carbocycles. The number of aryl methyl sites for hydroxylation is 1. The van der Waals surface area contributed by atoms with Crippen LogP contribution in [-0.2, 0) is 6.54 Å². The molecule has 0 aliphatic rings. The van der Waals surface area contributed by atoms with Gasteiger partial charge in [0.25, 0.3) is 5.91 Å². The Labute approximate surface area is 134 Å². The Hall–Kier alpha value is -0.950. The van der Waals surface area contributed by atoms with Crippen molar-refractivity contribution in [2.24, 2.45) is 0 Å². The molecule has 1 amide bonds. The fourth-order valence-electron chi connectivity index (χ4n) is 1.57. The number of hydrogen-bond acceptors (Lipinski definition) is 2. The molecule has 0 bridgehead atoms. The van der Waals surface area contributed by atoms with Gasteiger partial charge in [-0.25, -0.2) is 0 Å². The summed E-state index contributed by atoms with van der Waals surface area (Å²) in [5.74, 6) is -0.0835. The Morgan fingerprint density at radius 2 is 2.16 bits per heavy atom. The van der Waals surface area contributed by atoms with E-state index >= 15 is 0 Å². The first kappa shape index (κ1) is 14.5. The van der Waals surface area contributed by atoms with Crippen molar-refractivity contribution in [3.8, 4) is 0 Å². The average molecular weight is 431 g/mol. The summed E-state index contributed by atoms with van der Waals surface area (Å²) in [7, 11) is 0. The smallest absolute Gasteiger partial charge is 0.251 e. The van der Waals surface area contributed by atoms with Crippen molar-refractivity contribution < 1.29 is 4.79 Å². The van der Waals surface area contributed by atoms with Gasteiger partial charge in [0.2, 0.25) is 0 Å². The standard InChI is InChI=1S/C14H12BrIN2O/c1-9-2-3-10(7-17-9)8-18-14(19)11-4-12(15)6-13(16)5-11/h2-7H,8H2,1H3,(H,18,19). The zero-order valence-corrected chi connectivity index (χ0v) is 14.0. The number of nitrogens with zero attached hydrogens (tertiary/aromatic N) is 1. The lowest BCUT2D eigenvalue weighted by molar-refractivity contribution is 0.0950. The largest absolute Gasteiger partial charge is 0.348 e. The SMILES string of the molecule is Cc1ccc(CNC(=O)c2cc(Br)cc(I)c2)cn1. The summed E-state index contributed by atoms with van der Waals surface area (Å²) < 4.78 is 1.93. The molecule has 2 rings (SSSR count). The van der Waals surface area contributed by atoms with Crippen LogP contribution >= 0.6 is 38.5 Å². The van der Waals surface area contributed by atoms with Gasteiger partial charge in [-0.05, 0) is 59.3 Å². The van der Waals surface area contributed by atoms with Crippen LogP contribution in [0.1, 0.15) is 21.6 Å². The van der Waals surface area contributed by atoms with Gasteiger partial charge in [-0.15, -0.1) is 0 Å². The van der Waals surface area contributed by atoms with Crippen LogP contribution in [-0.4, -0.2) is 10.9 Å². The van der Waals surface area contributed by atoms with Gasteiger partial charge < -0.3 is 5.32 Å². The van der Waals surface area contributed by atoms with Gasteiger partial charge >= 0.3 is 0 Å². The third kappa shape index (κ3) is 4.28. The Bertz CT molecular complexity index is 579. The van der Waals surface area contributed by atoms with Crippen LogP contribution < -0.4 is 5.32 Å². The molecule has 0 fully saturated rings. The molecule has 0 saturated heterocycles. The Morgan fingerprint density at radius 3 is 2.79 bits per heavy atom. The van der Waals surface area contributed by atoms with E-state index in [1.165, 1.54) is 0 Å². The minimum absolute atomic E-state index is 0.0835. The first-order chi connectivity index (χ1) is 9.04. The summed E-state index contributed by atoms with van der Waals surface area (Å²) in [6, 6.07) is 9.52. The fraction of sp³-hybridized carbons (Fsp3) is 0.143. The number of aromatic nitrogens is 1. The van der Waals surface area contributed by atoms with Gasteiger partial charge in [-0.1, -0.05) is 22.0 Å². The maximum absolute atomic E-state index is 12.0. The second-order valence-electron chi connectivity index (χ2n) is 4.15. The van der Waals surface area contributed by atoms with Crippen molar-refractivity contribution in [3.05, 3.63) is 61.4 Å². The molecule has 0 saturated carbocycles. The highest BCUT2D eigenvalue weighted by molar-refractivity contribution is 14.1. The molecule has 1 aromatic heterocycles. The van der Waals surface area contributed by atoms with Crippen LogP contribution in [0.5, 0.6) is 0 Å². The zero-order valence-electron chi connectivity index (χ0n) is 10.3. The molecule has 19 heavy (non-hydrogen) atoms. The zero-order chi connectivity index (χ0) is 13.8. The normalized spacial score (nSPS) is 10.3. The Morgan fingerprint density at radius 1 is 1.37 bits per heavy atom. The summed E-state index contributed by atoms with van der Waals surface area (Å²) in [4.78, 5) is 16.2. The van der Waals surface area contributed by atoms with Crippen molar-refractivity contribution in [2.75, 3.05) is 0 Å². The number of halogens is 2. The molecule has 5 heteroatoms. The van der Waals surface area contributed by atoms with Crippen molar-refractivity contribution in [3.63, 3.8) is 0 Å². The maximum Gasteiger partial charge on any atom is 0.251 e. The molecule has 2 aromatic rings. The molecule has 0 radical (unpaired) electrons. The lowest BCUT2D eigenvalue weighted by Gasteiger charge is -2.06. The number of benzene rings is 1. The summed E-state index contributed by atoms with van der Waals surface area (Å²) in [5.41, 5.74) is 2.61. The molecule has 98 valence electrons. The van der Waals surface area contributed by atoms with E-state index in [1.54, 1.807) is 6.20 Å². The van der Waals surface area contributed by atoms with Crippen LogP contribution in [0.2, 0.25) is 0 Å². The van der Waals surface area contributed by atoms with Crippen molar-refractivity contribution in [1.29, 1.82) is 0 Å². The van der Waals surface area contributed by atoms with Crippen LogP contribution in [0.25, 0.3) is 0 Å². The maximum atomic E-state index is 12.0. The summed E-state index contributed by atoms with van der Waals surface area (Å²) in [6.07, 6.45) is 1.78. The second kappa shape index (κ2) is 6.47. The van der Waals surface area contributed by atoms with Crippen molar-refractivity contribution in [1.82, 2.24) is 10.3 Å². The molecule has 3 nitrogen and oxygen atoms in total. The number of rotatable bonds is 3. The molecule has 0 atom stereocenters. The van der Waals surface area contributed by atoms with E-state index < -0.39 is 0 Å². The van der Waals surface area contributed by atoms with Crippen LogP contribution in [0.3, 0.4) is 0 Å². The highest BCUT2D eigenvalue weighted by Gasteiger charge is 2.07. The molecular formula is C14H12BrIN2O. The third-order valence-electron chi connectivity index (χ3n) is 2.55. The Kier molecular flexibility index (Phi) is 4.93. The highest BCUT2D eigenvalue weighted by Crippen LogP contribution is 2.17. The quantitative estimate of drug-likeness (QED) is 0.754. The predicted octanol–water partition coefficient (Wildman–Crippen LogP) is 3.69. The summed E-state index contributed by atoms with van der Waals surface area (Å²) in [6.45, 7) is 2.42. The van der Waals surface area contributed by atoms with Crippen LogP contribution in [0.4, 0.5) is 0 Å². The molecule has 0 aliphatic heterocycles. The van der Waals surface area contributed by atoms with Gasteiger partial charge in [-0.2, -0.15) is 0 Å². The van der Waals surface area contributed by atoms with E-state index in [9.17, 15) is 4.79 Å². The topological polar surface area (TPSA) is 42.0 Å². The van der Waals surface area contributed by atoms with Gasteiger partial charge in [-0.3, -0.25) is 9.78 Å². The number of amides is 1. The van der Waals surface area contributed by atoms with Crippen LogP contribution in [0.15, 0.2) is 41.0 Å². The first-order valence-electron chi connectivity index (χ1n) is 5.70. The molecule has 1 heterocycles. The number of nitrogens with one attached hydrogen (secondary N) is 1. The van der Waals surface area contributed by atoms with Crippen molar-refractivity contribution >= 4 is 44.4 Å². The van der Waals surface area contributed by atoms with Gasteiger partial charge in [0, 0.05) is 32.0 Å². The number of pyridine rings is 1. The van der Waals surface area contributed by atoms with Gasteiger partial charge in [0.05, 0.1) is 0 Å². The third-order valence-corrected chi connectivity index (χ3v) is 3.63. The van der Waals surface area contributed by atoms with E-state index in [1.807, 2.05) is 37.3 Å². The summed E-state index contributed by atoms with van der Waals surface area (Å²) >= 11 is 5.58. The van der Waals surface area contributed by atoms with Crippen molar-refractivity contribution in [2.45, 2.75) is 13.5 Å². The number of hydrogen-bond donors (Lipinski definition) is 1. The van der Waals surface area contributed by atoms with Crippen LogP contribution in [0, 0.1) is 10.5 Å². The molecular weight excluding hydrogens is 419 g/mol. The minimum atomic E-state index is -0.0835. The fourth-order valence-corrected chi connectivity index (χ4v) is 3.16. The van der Waals surface area contributed by atoms with E-state index in [0.717, 1.165) is 19.3 Å². The molecule has 0 spiro atoms. The van der Waals surface area contributed by atoms with Gasteiger partial charge in [0.15, 0.2) is 0 Å². The van der Waals surface area contributed by atoms with Gasteiger partial charge in [0.1, 0.15) is 0 Å². The lowest BCUT2D eigenvalue weighted by atomic mass is 10.2.